The van der Waals surface area contributed by atoms with Gasteiger partial charge < -0.3 is 14.9 Å². The van der Waals surface area contributed by atoms with Crippen molar-refractivity contribution in [2.75, 3.05) is 7.11 Å². The SMILES string of the molecule is COC(O)C(C(=O)CCCc1ccccc1)C(C)O. The molecule has 0 spiro atoms. The smallest absolute Gasteiger partial charge is 0.166 e. The maximum absolute atomic E-state index is 12.0. The monoisotopic (exact) mass is 266 g/mol. The molecule has 0 aromatic heterocycles. The van der Waals surface area contributed by atoms with Crippen molar-refractivity contribution in [1.82, 2.24) is 0 Å². The Morgan fingerprint density at radius 1 is 1.26 bits per heavy atom. The second kappa shape index (κ2) is 8.04. The molecule has 0 bridgehead atoms. The minimum Gasteiger partial charge on any atom is -0.392 e. The zero-order chi connectivity index (χ0) is 14.3. The molecule has 1 aromatic carbocycles. The van der Waals surface area contributed by atoms with Gasteiger partial charge in [-0.25, -0.2) is 0 Å². The highest BCUT2D eigenvalue weighted by Crippen LogP contribution is 2.16. The predicted octanol–water partition coefficient (Wildman–Crippen LogP) is 1.54. The van der Waals surface area contributed by atoms with Crippen LogP contribution in [-0.2, 0) is 16.0 Å². The second-order valence-electron chi connectivity index (χ2n) is 4.70. The Morgan fingerprint density at radius 3 is 2.42 bits per heavy atom. The Labute approximate surface area is 114 Å². The van der Waals surface area contributed by atoms with E-state index in [9.17, 15) is 15.0 Å². The second-order valence-corrected chi connectivity index (χ2v) is 4.70. The van der Waals surface area contributed by atoms with Crippen molar-refractivity contribution < 1.29 is 19.7 Å². The number of aryl methyl sites for hydroxylation is 1. The van der Waals surface area contributed by atoms with Crippen molar-refractivity contribution in [2.24, 2.45) is 5.92 Å². The summed E-state index contributed by atoms with van der Waals surface area (Å²) in [7, 11) is 1.32. The van der Waals surface area contributed by atoms with Crippen molar-refractivity contribution in [3.8, 4) is 0 Å². The van der Waals surface area contributed by atoms with Gasteiger partial charge in [0.05, 0.1) is 12.0 Å². The number of rotatable bonds is 8. The molecule has 0 fully saturated rings. The molecule has 0 saturated carbocycles. The van der Waals surface area contributed by atoms with Gasteiger partial charge in [-0.05, 0) is 25.3 Å². The summed E-state index contributed by atoms with van der Waals surface area (Å²) in [6.07, 6.45) is -0.335. The third-order valence-electron chi connectivity index (χ3n) is 3.17. The highest BCUT2D eigenvalue weighted by atomic mass is 16.6. The lowest BCUT2D eigenvalue weighted by Gasteiger charge is -2.22. The molecule has 3 unspecified atom stereocenters. The van der Waals surface area contributed by atoms with Crippen LogP contribution in [0.4, 0.5) is 0 Å². The minimum absolute atomic E-state index is 0.166. The fourth-order valence-electron chi connectivity index (χ4n) is 2.09. The van der Waals surface area contributed by atoms with Crippen molar-refractivity contribution in [3.63, 3.8) is 0 Å². The lowest BCUT2D eigenvalue weighted by atomic mass is 9.93. The first-order valence-corrected chi connectivity index (χ1v) is 6.51. The van der Waals surface area contributed by atoms with Gasteiger partial charge in [-0.3, -0.25) is 4.79 Å². The van der Waals surface area contributed by atoms with Crippen LogP contribution < -0.4 is 0 Å². The molecule has 0 aliphatic heterocycles. The van der Waals surface area contributed by atoms with E-state index in [2.05, 4.69) is 0 Å². The molecule has 0 aliphatic carbocycles. The van der Waals surface area contributed by atoms with E-state index < -0.39 is 18.3 Å². The van der Waals surface area contributed by atoms with E-state index in [4.69, 9.17) is 4.74 Å². The molecule has 1 aromatic rings. The summed E-state index contributed by atoms with van der Waals surface area (Å²) in [5.41, 5.74) is 1.18. The number of aliphatic hydroxyl groups is 2. The van der Waals surface area contributed by atoms with E-state index in [1.54, 1.807) is 0 Å². The van der Waals surface area contributed by atoms with E-state index in [-0.39, 0.29) is 5.78 Å². The first-order chi connectivity index (χ1) is 9.06. The van der Waals surface area contributed by atoms with Gasteiger partial charge in [-0.2, -0.15) is 0 Å². The molecule has 19 heavy (non-hydrogen) atoms. The fourth-order valence-corrected chi connectivity index (χ4v) is 2.09. The number of ketones is 1. The number of hydrogen-bond acceptors (Lipinski definition) is 4. The summed E-state index contributed by atoms with van der Waals surface area (Å²) >= 11 is 0. The van der Waals surface area contributed by atoms with Gasteiger partial charge in [-0.15, -0.1) is 0 Å². The number of Topliss-reactive ketones (excluding diaryl/α,β-unsaturated/α-hetero) is 1. The van der Waals surface area contributed by atoms with Crippen LogP contribution in [0.2, 0.25) is 0 Å². The Kier molecular flexibility index (Phi) is 6.70. The molecule has 0 aliphatic rings. The Hall–Kier alpha value is -1.23. The molecule has 3 atom stereocenters. The van der Waals surface area contributed by atoms with E-state index in [0.717, 1.165) is 6.42 Å². The first kappa shape index (κ1) is 15.8. The summed E-state index contributed by atoms with van der Waals surface area (Å²) in [4.78, 5) is 12.0. The van der Waals surface area contributed by atoms with Crippen LogP contribution in [0.1, 0.15) is 25.3 Å². The van der Waals surface area contributed by atoms with Crippen molar-refractivity contribution >= 4 is 5.78 Å². The first-order valence-electron chi connectivity index (χ1n) is 6.51. The molecule has 0 saturated heterocycles. The van der Waals surface area contributed by atoms with Gasteiger partial charge in [0, 0.05) is 13.5 Å². The molecular formula is C15H22O4. The zero-order valence-electron chi connectivity index (χ0n) is 11.5. The Bertz CT molecular complexity index is 375. The van der Waals surface area contributed by atoms with Crippen molar-refractivity contribution in [2.45, 2.75) is 38.6 Å². The molecule has 4 nitrogen and oxygen atoms in total. The van der Waals surface area contributed by atoms with Gasteiger partial charge in [0.1, 0.15) is 5.78 Å². The van der Waals surface area contributed by atoms with E-state index in [1.807, 2.05) is 30.3 Å². The molecule has 0 radical (unpaired) electrons. The number of ether oxygens (including phenoxy) is 1. The molecule has 0 heterocycles. The predicted molar refractivity (Wildman–Crippen MR) is 72.6 cm³/mol. The summed E-state index contributed by atoms with van der Waals surface area (Å²) in [5.74, 6) is -1.04. The normalized spacial score (nSPS) is 15.8. The third kappa shape index (κ3) is 5.11. The lowest BCUT2D eigenvalue weighted by Crippen LogP contribution is -2.37. The largest absolute Gasteiger partial charge is 0.392 e. The van der Waals surface area contributed by atoms with Gasteiger partial charge in [0.25, 0.3) is 0 Å². The minimum atomic E-state index is -1.25. The molecule has 106 valence electrons. The Balaban J connectivity index is 2.45. The van der Waals surface area contributed by atoms with Gasteiger partial charge in [0.15, 0.2) is 6.29 Å². The maximum atomic E-state index is 12.0. The number of aliphatic hydroxyl groups excluding tert-OH is 2. The number of carbonyl (C=O) groups excluding carboxylic acids is 1. The lowest BCUT2D eigenvalue weighted by molar-refractivity contribution is -0.159. The van der Waals surface area contributed by atoms with Crippen LogP contribution in [0.25, 0.3) is 0 Å². The summed E-state index contributed by atoms with van der Waals surface area (Å²) in [5, 5.41) is 19.1. The van der Waals surface area contributed by atoms with Crippen LogP contribution in [-0.4, -0.2) is 35.5 Å². The van der Waals surface area contributed by atoms with Crippen LogP contribution in [0.3, 0.4) is 0 Å². The van der Waals surface area contributed by atoms with Gasteiger partial charge >= 0.3 is 0 Å². The molecule has 0 amide bonds. The third-order valence-corrected chi connectivity index (χ3v) is 3.17. The zero-order valence-corrected chi connectivity index (χ0v) is 11.5. The van der Waals surface area contributed by atoms with Crippen molar-refractivity contribution in [1.29, 1.82) is 0 Å². The number of methoxy groups -OCH3 is 1. The summed E-state index contributed by atoms with van der Waals surface area (Å²) in [6.45, 7) is 1.49. The van der Waals surface area contributed by atoms with Gasteiger partial charge in [-0.1, -0.05) is 30.3 Å². The van der Waals surface area contributed by atoms with Crippen LogP contribution in [0.15, 0.2) is 30.3 Å². The standard InChI is InChI=1S/C15H22O4/c1-11(16)14(15(18)19-2)13(17)10-6-9-12-7-4-3-5-8-12/h3-5,7-8,11,14-16,18H,6,9-10H2,1-2H3. The highest BCUT2D eigenvalue weighted by Gasteiger charge is 2.30. The van der Waals surface area contributed by atoms with E-state index in [1.165, 1.54) is 19.6 Å². The van der Waals surface area contributed by atoms with Crippen LogP contribution in [0, 0.1) is 5.92 Å². The fraction of sp³-hybridized carbons (Fsp3) is 0.533. The summed E-state index contributed by atoms with van der Waals surface area (Å²) < 4.78 is 4.73. The van der Waals surface area contributed by atoms with E-state index in [0.29, 0.717) is 12.8 Å². The quantitative estimate of drug-likeness (QED) is 0.700. The maximum Gasteiger partial charge on any atom is 0.166 e. The topological polar surface area (TPSA) is 66.8 Å². The number of hydrogen-bond donors (Lipinski definition) is 2. The number of carbonyl (C=O) groups is 1. The highest BCUT2D eigenvalue weighted by molar-refractivity contribution is 5.81. The Morgan fingerprint density at radius 2 is 1.89 bits per heavy atom. The van der Waals surface area contributed by atoms with Crippen LogP contribution in [0.5, 0.6) is 0 Å². The average Bonchev–Trinajstić information content (AvgIpc) is 2.39. The molecule has 2 N–H and O–H groups in total. The van der Waals surface area contributed by atoms with Crippen molar-refractivity contribution in [3.05, 3.63) is 35.9 Å². The molecule has 4 heteroatoms. The molecule has 1 rings (SSSR count). The average molecular weight is 266 g/mol. The summed E-state index contributed by atoms with van der Waals surface area (Å²) in [6, 6.07) is 9.91. The number of benzene rings is 1. The van der Waals surface area contributed by atoms with Crippen LogP contribution >= 0.6 is 0 Å². The molecular weight excluding hydrogens is 244 g/mol. The van der Waals surface area contributed by atoms with Gasteiger partial charge in [0.2, 0.25) is 0 Å². The van der Waals surface area contributed by atoms with E-state index >= 15 is 0 Å².